The Morgan fingerprint density at radius 3 is 2.26 bits per heavy atom. The fourth-order valence-corrected chi connectivity index (χ4v) is 4.88. The van der Waals surface area contributed by atoms with E-state index in [1.54, 1.807) is 12.1 Å². The number of piperazine rings is 1. The molecule has 0 bridgehead atoms. The summed E-state index contributed by atoms with van der Waals surface area (Å²) in [5.74, 6) is -5.84. The number of primary amides is 1. The number of carbonyl (C=O) groups excluding carboxylic acids is 2. The lowest BCUT2D eigenvalue weighted by Crippen LogP contribution is -2.47. The number of nitrogens with two attached hydrogens (primary N) is 1. The van der Waals surface area contributed by atoms with Crippen molar-refractivity contribution >= 4 is 17.6 Å². The summed E-state index contributed by atoms with van der Waals surface area (Å²) in [6.07, 6.45) is 2.15. The smallest absolute Gasteiger partial charge is 0.356 e. The van der Waals surface area contributed by atoms with Crippen LogP contribution >= 0.6 is 0 Å². The van der Waals surface area contributed by atoms with E-state index in [0.29, 0.717) is 12.0 Å². The third-order valence-electron chi connectivity index (χ3n) is 6.87. The van der Waals surface area contributed by atoms with Gasteiger partial charge in [0.25, 0.3) is 5.91 Å². The molecule has 208 valence electrons. The van der Waals surface area contributed by atoms with Crippen molar-refractivity contribution in [3.05, 3.63) is 75.6 Å². The molecule has 2 aromatic carbocycles. The Bertz CT molecular complexity index is 1390. The Kier molecular flexibility index (Phi) is 8.75. The van der Waals surface area contributed by atoms with Crippen LogP contribution in [0.15, 0.2) is 41.2 Å². The second-order valence-corrected chi connectivity index (χ2v) is 9.32. The van der Waals surface area contributed by atoms with E-state index >= 15 is 0 Å². The van der Waals surface area contributed by atoms with Crippen molar-refractivity contribution in [3.63, 3.8) is 0 Å². The molecule has 12 heteroatoms. The predicted octanol–water partition coefficient (Wildman–Crippen LogP) is 3.14. The molecule has 39 heavy (non-hydrogen) atoms. The van der Waals surface area contributed by atoms with Crippen LogP contribution in [0.4, 0.5) is 18.9 Å². The lowest BCUT2D eigenvalue weighted by atomic mass is 10.1. The molecule has 0 atom stereocenters. The largest absolute Gasteiger partial charge is 0.464 e. The molecule has 1 fully saturated rings. The van der Waals surface area contributed by atoms with Gasteiger partial charge in [-0.1, -0.05) is 18.6 Å². The highest BCUT2D eigenvalue weighted by molar-refractivity contribution is 5.98. The summed E-state index contributed by atoms with van der Waals surface area (Å²) in [5, 5.41) is 0. The van der Waals surface area contributed by atoms with Crippen LogP contribution in [0.2, 0.25) is 0 Å². The summed E-state index contributed by atoms with van der Waals surface area (Å²) >= 11 is 0. The van der Waals surface area contributed by atoms with Gasteiger partial charge in [-0.15, -0.1) is 0 Å². The Labute approximate surface area is 223 Å². The molecule has 0 unspecified atom stereocenters. The highest BCUT2D eigenvalue weighted by Crippen LogP contribution is 2.27. The molecule has 0 spiro atoms. The second kappa shape index (κ2) is 12.2. The summed E-state index contributed by atoms with van der Waals surface area (Å²) in [5.41, 5.74) is 5.75. The monoisotopic (exact) mass is 545 g/mol. The van der Waals surface area contributed by atoms with Crippen molar-refractivity contribution in [1.82, 2.24) is 14.5 Å². The van der Waals surface area contributed by atoms with Crippen LogP contribution in [-0.4, -0.2) is 66.2 Å². The van der Waals surface area contributed by atoms with E-state index in [1.165, 1.54) is 4.57 Å². The normalized spacial score (nSPS) is 14.0. The van der Waals surface area contributed by atoms with Gasteiger partial charge in [-0.2, -0.15) is 0 Å². The van der Waals surface area contributed by atoms with Gasteiger partial charge in [-0.3, -0.25) is 19.2 Å². The first kappa shape index (κ1) is 28.0. The van der Waals surface area contributed by atoms with Gasteiger partial charge in [0.15, 0.2) is 23.1 Å². The molecule has 0 radical (unpaired) electrons. The molecule has 1 aromatic heterocycles. The van der Waals surface area contributed by atoms with Crippen molar-refractivity contribution in [3.8, 4) is 11.3 Å². The van der Waals surface area contributed by atoms with E-state index in [-0.39, 0.29) is 23.5 Å². The topological polar surface area (TPSA) is 114 Å². The van der Waals surface area contributed by atoms with Crippen molar-refractivity contribution in [2.75, 3.05) is 44.7 Å². The lowest BCUT2D eigenvalue weighted by molar-refractivity contribution is 0.0595. The van der Waals surface area contributed by atoms with Gasteiger partial charge in [0.1, 0.15) is 0 Å². The van der Waals surface area contributed by atoms with E-state index < -0.39 is 35.0 Å². The third kappa shape index (κ3) is 6.17. The van der Waals surface area contributed by atoms with Gasteiger partial charge in [0.2, 0.25) is 0 Å². The number of esters is 1. The number of imidazole rings is 1. The highest BCUT2D eigenvalue weighted by atomic mass is 19.2. The van der Waals surface area contributed by atoms with Crippen LogP contribution in [0.25, 0.3) is 11.3 Å². The van der Waals surface area contributed by atoms with E-state index in [9.17, 15) is 27.6 Å². The number of nitrogens with zero attached hydrogens (tertiary/aromatic N) is 3. The summed E-state index contributed by atoms with van der Waals surface area (Å²) < 4.78 is 47.3. The molecule has 0 aliphatic carbocycles. The zero-order valence-corrected chi connectivity index (χ0v) is 21.5. The summed E-state index contributed by atoms with van der Waals surface area (Å²) in [6.45, 7) is 4.17. The number of methoxy groups -OCH3 is 1. The molecule has 1 amide bonds. The Morgan fingerprint density at radius 2 is 1.62 bits per heavy atom. The second-order valence-electron chi connectivity index (χ2n) is 9.32. The van der Waals surface area contributed by atoms with Gasteiger partial charge in [0.05, 0.1) is 18.4 Å². The van der Waals surface area contributed by atoms with Gasteiger partial charge in [-0.05, 0) is 43.7 Å². The zero-order valence-electron chi connectivity index (χ0n) is 21.5. The van der Waals surface area contributed by atoms with E-state index in [4.69, 9.17) is 10.5 Å². The predicted molar refractivity (Wildman–Crippen MR) is 139 cm³/mol. The first-order chi connectivity index (χ1) is 18.7. The number of anilines is 1. The molecular weight excluding hydrogens is 515 g/mol. The molecule has 4 rings (SSSR count). The molecule has 0 saturated carbocycles. The highest BCUT2D eigenvalue weighted by Gasteiger charge is 2.24. The number of benzene rings is 2. The number of hydrogen-bond donors (Lipinski definition) is 2. The van der Waals surface area contributed by atoms with Crippen LogP contribution in [0, 0.1) is 17.5 Å². The minimum Gasteiger partial charge on any atom is -0.464 e. The third-order valence-corrected chi connectivity index (χ3v) is 6.87. The summed E-state index contributed by atoms with van der Waals surface area (Å²) in [4.78, 5) is 43.4. The Balaban J connectivity index is 1.34. The number of rotatable bonds is 10. The number of aromatic nitrogens is 2. The van der Waals surface area contributed by atoms with Crippen molar-refractivity contribution in [1.29, 1.82) is 0 Å². The summed E-state index contributed by atoms with van der Waals surface area (Å²) in [7, 11) is 1.11. The average Bonchev–Trinajstić information content (AvgIpc) is 3.27. The maximum absolute atomic E-state index is 13.9. The Hall–Kier alpha value is -4.06. The van der Waals surface area contributed by atoms with Crippen LogP contribution in [0.1, 0.15) is 40.1 Å². The van der Waals surface area contributed by atoms with Crippen LogP contribution in [-0.2, 0) is 11.3 Å². The molecule has 2 heterocycles. The number of unbranched alkanes of at least 4 members (excludes halogenated alkanes) is 2. The van der Waals surface area contributed by atoms with E-state index in [2.05, 4.69) is 14.8 Å². The standard InChI is InChI=1S/C27H30F3N5O4/c1-39-26(37)23-24(17-15-19(28)22(30)20(29)16-17)35(27(38)32-23)10-6-2-5-9-33-11-13-34(14-12-33)21-8-4-3-7-18(21)25(31)36/h3-4,7-8,15-16H,2,5-6,9-14H2,1H3,(H2,31,36)(H,32,38). The number of carbonyl (C=O) groups is 2. The number of amides is 1. The number of ether oxygens (including phenoxy) is 1. The number of aromatic amines is 1. The van der Waals surface area contributed by atoms with Crippen LogP contribution < -0.4 is 16.3 Å². The quantitative estimate of drug-likeness (QED) is 0.230. The van der Waals surface area contributed by atoms with Gasteiger partial charge >= 0.3 is 11.7 Å². The maximum atomic E-state index is 13.9. The fraction of sp³-hybridized carbons (Fsp3) is 0.370. The number of H-pyrrole nitrogens is 1. The lowest BCUT2D eigenvalue weighted by Gasteiger charge is -2.36. The van der Waals surface area contributed by atoms with Gasteiger partial charge in [0, 0.05) is 44.0 Å². The first-order valence-electron chi connectivity index (χ1n) is 12.6. The number of para-hydroxylation sites is 1. The van der Waals surface area contributed by atoms with Crippen molar-refractivity contribution in [2.24, 2.45) is 5.73 Å². The minimum atomic E-state index is -1.64. The Morgan fingerprint density at radius 1 is 0.974 bits per heavy atom. The van der Waals surface area contributed by atoms with Crippen molar-refractivity contribution in [2.45, 2.75) is 25.8 Å². The van der Waals surface area contributed by atoms with Crippen LogP contribution in [0.3, 0.4) is 0 Å². The molecular formula is C27H30F3N5O4. The van der Waals surface area contributed by atoms with Crippen molar-refractivity contribution < 1.29 is 27.5 Å². The molecule has 3 N–H and O–H groups in total. The zero-order chi connectivity index (χ0) is 28.1. The number of hydrogen-bond acceptors (Lipinski definition) is 6. The number of nitrogens with one attached hydrogen (secondary N) is 1. The molecule has 9 nitrogen and oxygen atoms in total. The minimum absolute atomic E-state index is 0.0583. The molecule has 1 aliphatic heterocycles. The molecule has 3 aromatic rings. The first-order valence-corrected chi connectivity index (χ1v) is 12.6. The van der Waals surface area contributed by atoms with E-state index in [0.717, 1.165) is 70.5 Å². The summed E-state index contributed by atoms with van der Waals surface area (Å²) in [6, 6.07) is 8.77. The maximum Gasteiger partial charge on any atom is 0.356 e. The fourth-order valence-electron chi connectivity index (χ4n) is 4.88. The molecule has 1 saturated heterocycles. The number of halogens is 3. The van der Waals surface area contributed by atoms with Gasteiger partial charge < -0.3 is 15.4 Å². The van der Waals surface area contributed by atoms with Gasteiger partial charge in [-0.25, -0.2) is 22.8 Å². The SMILES string of the molecule is COC(=O)c1[nH]c(=O)n(CCCCCN2CCN(c3ccccc3C(N)=O)CC2)c1-c1cc(F)c(F)c(F)c1. The van der Waals surface area contributed by atoms with E-state index in [1.807, 2.05) is 12.1 Å². The molecule has 1 aliphatic rings. The average molecular weight is 546 g/mol. The van der Waals surface area contributed by atoms with Crippen LogP contribution in [0.5, 0.6) is 0 Å².